The van der Waals surface area contributed by atoms with Crippen molar-refractivity contribution in [1.29, 1.82) is 0 Å². The molecular formula is C25H26BrN5O. The monoisotopic (exact) mass is 491 g/mol. The first-order chi connectivity index (χ1) is 15.7. The molecule has 0 radical (unpaired) electrons. The number of nitrogen functional groups attached to an aromatic ring is 1. The van der Waals surface area contributed by atoms with Gasteiger partial charge in [-0.3, -0.25) is 4.98 Å². The minimum absolute atomic E-state index is 0.381. The average Bonchev–Trinajstić information content (AvgIpc) is 3.27. The summed E-state index contributed by atoms with van der Waals surface area (Å²) in [6, 6.07) is 14.3. The fourth-order valence-electron chi connectivity index (χ4n) is 4.66. The SMILES string of the molecule is COCC1CCC(c2nc3c(-c4ccc(-c5ccccc5)nc4)cnn3c(N)c2Br)CC1. The van der Waals surface area contributed by atoms with Crippen LogP contribution in [0.5, 0.6) is 0 Å². The Labute approximate surface area is 196 Å². The van der Waals surface area contributed by atoms with E-state index in [9.17, 15) is 0 Å². The molecule has 6 nitrogen and oxygen atoms in total. The second-order valence-corrected chi connectivity index (χ2v) is 9.25. The summed E-state index contributed by atoms with van der Waals surface area (Å²) in [4.78, 5) is 9.73. The van der Waals surface area contributed by atoms with Crippen LogP contribution in [-0.4, -0.2) is 33.3 Å². The van der Waals surface area contributed by atoms with E-state index in [1.54, 1.807) is 11.6 Å². The predicted octanol–water partition coefficient (Wildman–Crippen LogP) is 5.72. The van der Waals surface area contributed by atoms with Crippen LogP contribution in [0.4, 0.5) is 5.82 Å². The van der Waals surface area contributed by atoms with Gasteiger partial charge in [0.15, 0.2) is 5.65 Å². The largest absolute Gasteiger partial charge is 0.384 e. The Morgan fingerprint density at radius 3 is 2.50 bits per heavy atom. The van der Waals surface area contributed by atoms with Gasteiger partial charge in [0, 0.05) is 42.5 Å². The molecule has 7 heteroatoms. The number of rotatable bonds is 5. The Morgan fingerprint density at radius 1 is 1.03 bits per heavy atom. The summed E-state index contributed by atoms with van der Waals surface area (Å²) in [5.74, 6) is 1.60. The average molecular weight is 492 g/mol. The van der Waals surface area contributed by atoms with Crippen molar-refractivity contribution in [2.24, 2.45) is 5.92 Å². The van der Waals surface area contributed by atoms with Crippen LogP contribution in [-0.2, 0) is 4.74 Å². The van der Waals surface area contributed by atoms with Crippen LogP contribution < -0.4 is 5.73 Å². The molecule has 2 N–H and O–H groups in total. The van der Waals surface area contributed by atoms with Gasteiger partial charge in [-0.25, -0.2) is 4.98 Å². The highest BCUT2D eigenvalue weighted by atomic mass is 79.9. The van der Waals surface area contributed by atoms with Gasteiger partial charge in [-0.2, -0.15) is 9.61 Å². The molecule has 1 saturated carbocycles. The molecule has 0 bridgehead atoms. The molecule has 32 heavy (non-hydrogen) atoms. The lowest BCUT2D eigenvalue weighted by atomic mass is 9.80. The van der Waals surface area contributed by atoms with Gasteiger partial charge in [0.1, 0.15) is 5.82 Å². The van der Waals surface area contributed by atoms with Crippen molar-refractivity contribution >= 4 is 27.4 Å². The van der Waals surface area contributed by atoms with Gasteiger partial charge in [-0.1, -0.05) is 36.4 Å². The maximum Gasteiger partial charge on any atom is 0.165 e. The fraction of sp³-hybridized carbons (Fsp3) is 0.320. The standard InChI is InChI=1S/C25H26BrN5O/c1-32-15-16-7-9-18(10-8-16)23-22(26)24(27)31-25(30-23)20(14-29-31)19-11-12-21(28-13-19)17-5-3-2-4-6-17/h2-6,11-14,16,18H,7-10,15,27H2,1H3. The lowest BCUT2D eigenvalue weighted by Crippen LogP contribution is -2.19. The quantitative estimate of drug-likeness (QED) is 0.385. The summed E-state index contributed by atoms with van der Waals surface area (Å²) in [5, 5.41) is 4.51. The van der Waals surface area contributed by atoms with Crippen molar-refractivity contribution in [2.75, 3.05) is 19.5 Å². The number of nitrogens with two attached hydrogens (primary N) is 1. The zero-order chi connectivity index (χ0) is 22.1. The fourth-order valence-corrected chi connectivity index (χ4v) is 5.24. The zero-order valence-corrected chi connectivity index (χ0v) is 19.6. The van der Waals surface area contributed by atoms with E-state index in [4.69, 9.17) is 15.5 Å². The molecular weight excluding hydrogens is 466 g/mol. The van der Waals surface area contributed by atoms with Gasteiger partial charge in [-0.05, 0) is 53.6 Å². The topological polar surface area (TPSA) is 78.3 Å². The Balaban J connectivity index is 1.49. The summed E-state index contributed by atoms with van der Waals surface area (Å²) in [5.41, 5.74) is 12.2. The zero-order valence-electron chi connectivity index (χ0n) is 18.0. The molecule has 0 spiro atoms. The third-order valence-corrected chi connectivity index (χ3v) is 7.24. The molecule has 0 amide bonds. The van der Waals surface area contributed by atoms with Crippen molar-refractivity contribution in [1.82, 2.24) is 19.6 Å². The molecule has 1 aromatic carbocycles. The summed E-state index contributed by atoms with van der Waals surface area (Å²) in [6.45, 7) is 0.835. The maximum absolute atomic E-state index is 6.47. The smallest absolute Gasteiger partial charge is 0.165 e. The van der Waals surface area contributed by atoms with Crippen molar-refractivity contribution in [3.05, 3.63) is 65.0 Å². The molecule has 0 aliphatic heterocycles. The summed E-state index contributed by atoms with van der Waals surface area (Å²) >= 11 is 3.70. The van der Waals surface area contributed by atoms with Crippen molar-refractivity contribution in [3.8, 4) is 22.4 Å². The van der Waals surface area contributed by atoms with Crippen LogP contribution in [0.2, 0.25) is 0 Å². The highest BCUT2D eigenvalue weighted by Crippen LogP contribution is 2.40. The molecule has 3 heterocycles. The van der Waals surface area contributed by atoms with Gasteiger partial charge in [-0.15, -0.1) is 0 Å². The summed E-state index contributed by atoms with van der Waals surface area (Å²) in [7, 11) is 1.78. The van der Waals surface area contributed by atoms with Crippen LogP contribution in [0.25, 0.3) is 28.0 Å². The number of hydrogen-bond donors (Lipinski definition) is 1. The van der Waals surface area contributed by atoms with E-state index in [-0.39, 0.29) is 0 Å². The highest BCUT2D eigenvalue weighted by molar-refractivity contribution is 9.10. The van der Waals surface area contributed by atoms with E-state index < -0.39 is 0 Å². The third-order valence-electron chi connectivity index (χ3n) is 6.43. The Morgan fingerprint density at radius 2 is 1.81 bits per heavy atom. The Kier molecular flexibility index (Phi) is 5.93. The van der Waals surface area contributed by atoms with Crippen molar-refractivity contribution in [2.45, 2.75) is 31.6 Å². The van der Waals surface area contributed by atoms with E-state index >= 15 is 0 Å². The first-order valence-electron chi connectivity index (χ1n) is 11.0. The number of methoxy groups -OCH3 is 1. The van der Waals surface area contributed by atoms with Gasteiger partial charge >= 0.3 is 0 Å². The number of ether oxygens (including phenoxy) is 1. The normalized spacial score (nSPS) is 18.8. The van der Waals surface area contributed by atoms with E-state index in [0.29, 0.717) is 17.7 Å². The molecule has 0 unspecified atom stereocenters. The molecule has 5 rings (SSSR count). The number of nitrogens with zero attached hydrogens (tertiary/aromatic N) is 4. The minimum Gasteiger partial charge on any atom is -0.384 e. The number of benzene rings is 1. The molecule has 3 aromatic heterocycles. The second kappa shape index (κ2) is 9.00. The molecule has 0 saturated heterocycles. The van der Waals surface area contributed by atoms with E-state index in [1.165, 1.54) is 0 Å². The summed E-state index contributed by atoms with van der Waals surface area (Å²) < 4.78 is 7.92. The molecule has 164 valence electrons. The molecule has 1 fully saturated rings. The molecule has 1 aliphatic rings. The first-order valence-corrected chi connectivity index (χ1v) is 11.8. The minimum atomic E-state index is 0.381. The van der Waals surface area contributed by atoms with E-state index in [0.717, 1.165) is 70.5 Å². The molecule has 0 atom stereocenters. The second-order valence-electron chi connectivity index (χ2n) is 8.46. The number of anilines is 1. The number of pyridine rings is 1. The number of halogens is 1. The maximum atomic E-state index is 6.47. The number of aromatic nitrogens is 4. The number of hydrogen-bond acceptors (Lipinski definition) is 5. The summed E-state index contributed by atoms with van der Waals surface area (Å²) in [6.07, 6.45) is 8.18. The Hall–Kier alpha value is -2.77. The van der Waals surface area contributed by atoms with Crippen LogP contribution in [0.3, 0.4) is 0 Å². The van der Waals surface area contributed by atoms with Crippen LogP contribution in [0.1, 0.15) is 37.3 Å². The van der Waals surface area contributed by atoms with Gasteiger partial charge < -0.3 is 10.5 Å². The first kappa shape index (κ1) is 21.1. The van der Waals surface area contributed by atoms with Gasteiger partial charge in [0.05, 0.1) is 22.1 Å². The lowest BCUT2D eigenvalue weighted by Gasteiger charge is -2.28. The predicted molar refractivity (Wildman–Crippen MR) is 130 cm³/mol. The van der Waals surface area contributed by atoms with Crippen LogP contribution >= 0.6 is 15.9 Å². The van der Waals surface area contributed by atoms with Gasteiger partial charge in [0.2, 0.25) is 0 Å². The molecule has 1 aliphatic carbocycles. The highest BCUT2D eigenvalue weighted by Gasteiger charge is 2.27. The Bertz CT molecular complexity index is 1210. The lowest BCUT2D eigenvalue weighted by molar-refractivity contribution is 0.127. The van der Waals surface area contributed by atoms with Crippen molar-refractivity contribution < 1.29 is 4.74 Å². The number of fused-ring (bicyclic) bond motifs is 1. The molecule has 4 aromatic rings. The van der Waals surface area contributed by atoms with Crippen LogP contribution in [0, 0.1) is 5.92 Å². The van der Waals surface area contributed by atoms with Crippen molar-refractivity contribution in [3.63, 3.8) is 0 Å². The van der Waals surface area contributed by atoms with Crippen LogP contribution in [0.15, 0.2) is 59.3 Å². The van der Waals surface area contributed by atoms with E-state index in [2.05, 4.69) is 44.2 Å². The van der Waals surface area contributed by atoms with Gasteiger partial charge in [0.25, 0.3) is 0 Å². The third kappa shape index (κ3) is 3.91. The van der Waals surface area contributed by atoms with E-state index in [1.807, 2.05) is 36.7 Å².